The summed E-state index contributed by atoms with van der Waals surface area (Å²) in [5.41, 5.74) is 0. The van der Waals surface area contributed by atoms with Crippen molar-refractivity contribution in [3.8, 4) is 0 Å². The smallest absolute Gasteiger partial charge is 0.106 e. The summed E-state index contributed by atoms with van der Waals surface area (Å²) in [5.74, 6) is 0. The number of nitrogens with one attached hydrogen (secondary N) is 1. The van der Waals surface area contributed by atoms with E-state index in [4.69, 9.17) is 4.74 Å². The predicted molar refractivity (Wildman–Crippen MR) is 61.7 cm³/mol. The fourth-order valence-corrected chi connectivity index (χ4v) is 2.35. The molecule has 2 heterocycles. The third kappa shape index (κ3) is 2.95. The topological polar surface area (TPSA) is 24.5 Å². The van der Waals surface area contributed by atoms with Crippen LogP contribution in [-0.4, -0.2) is 42.7 Å². The van der Waals surface area contributed by atoms with E-state index < -0.39 is 0 Å². The zero-order chi connectivity index (χ0) is 10.7. The minimum atomic E-state index is 0.445. The molecule has 1 saturated heterocycles. The van der Waals surface area contributed by atoms with Gasteiger partial charge >= 0.3 is 0 Å². The highest BCUT2D eigenvalue weighted by Crippen LogP contribution is 2.14. The van der Waals surface area contributed by atoms with Crippen LogP contribution in [0.15, 0.2) is 12.3 Å². The molecule has 0 radical (unpaired) electrons. The van der Waals surface area contributed by atoms with Gasteiger partial charge in [-0.3, -0.25) is 0 Å². The summed E-state index contributed by atoms with van der Waals surface area (Å²) in [7, 11) is 0. The first-order chi connectivity index (χ1) is 7.25. The molecule has 3 nitrogen and oxygen atoms in total. The number of hydrogen-bond donors (Lipinski definition) is 1. The molecular weight excluding hydrogens is 188 g/mol. The van der Waals surface area contributed by atoms with Gasteiger partial charge in [0.25, 0.3) is 0 Å². The third-order valence-electron chi connectivity index (χ3n) is 3.39. The summed E-state index contributed by atoms with van der Waals surface area (Å²) in [4.78, 5) is 2.55. The Labute approximate surface area is 92.5 Å². The van der Waals surface area contributed by atoms with Crippen molar-refractivity contribution >= 4 is 0 Å². The predicted octanol–water partition coefficient (Wildman–Crippen LogP) is 1.36. The van der Waals surface area contributed by atoms with Crippen molar-refractivity contribution in [1.29, 1.82) is 0 Å². The van der Waals surface area contributed by atoms with E-state index in [9.17, 15) is 0 Å². The van der Waals surface area contributed by atoms with Crippen molar-refractivity contribution in [3.05, 3.63) is 12.3 Å². The lowest BCUT2D eigenvalue weighted by molar-refractivity contribution is 0.153. The fraction of sp³-hybridized carbons (Fsp3) is 0.833. The van der Waals surface area contributed by atoms with Crippen LogP contribution in [0.3, 0.4) is 0 Å². The molecule has 0 aromatic rings. The molecule has 2 aliphatic rings. The zero-order valence-electron chi connectivity index (χ0n) is 9.78. The Balaban J connectivity index is 1.71. The van der Waals surface area contributed by atoms with Gasteiger partial charge < -0.3 is 15.0 Å². The molecule has 1 atom stereocenters. The highest BCUT2D eigenvalue weighted by atomic mass is 16.5. The quantitative estimate of drug-likeness (QED) is 0.761. The van der Waals surface area contributed by atoms with Crippen LogP contribution in [0, 0.1) is 0 Å². The Morgan fingerprint density at radius 3 is 2.60 bits per heavy atom. The second-order valence-corrected chi connectivity index (χ2v) is 4.84. The van der Waals surface area contributed by atoms with Gasteiger partial charge in [-0.2, -0.15) is 0 Å². The summed E-state index contributed by atoms with van der Waals surface area (Å²) in [6, 6.07) is 1.82. The Hall–Kier alpha value is -0.540. The molecule has 0 aliphatic carbocycles. The zero-order valence-corrected chi connectivity index (χ0v) is 9.78. The van der Waals surface area contributed by atoms with E-state index in [1.165, 1.54) is 25.9 Å². The van der Waals surface area contributed by atoms with Crippen LogP contribution in [0.25, 0.3) is 0 Å². The molecule has 0 spiro atoms. The van der Waals surface area contributed by atoms with E-state index in [2.05, 4.69) is 30.1 Å². The first-order valence-corrected chi connectivity index (χ1v) is 6.04. The normalized spacial score (nSPS) is 28.6. The second-order valence-electron chi connectivity index (χ2n) is 4.84. The highest BCUT2D eigenvalue weighted by Gasteiger charge is 2.23. The lowest BCUT2D eigenvalue weighted by atomic mass is 10.0. The SMILES string of the molecule is CC(C)N1CCC(N[C@@H]2C=COC2)CC1. The lowest BCUT2D eigenvalue weighted by Crippen LogP contribution is -2.47. The minimum absolute atomic E-state index is 0.445. The molecule has 2 aliphatic heterocycles. The van der Waals surface area contributed by atoms with E-state index in [1.54, 1.807) is 6.26 Å². The minimum Gasteiger partial charge on any atom is -0.500 e. The fourth-order valence-electron chi connectivity index (χ4n) is 2.35. The Morgan fingerprint density at radius 1 is 1.33 bits per heavy atom. The number of rotatable bonds is 3. The molecule has 86 valence electrons. The molecule has 2 rings (SSSR count). The van der Waals surface area contributed by atoms with Crippen molar-refractivity contribution < 1.29 is 4.74 Å². The molecule has 0 aromatic heterocycles. The molecular formula is C12H22N2O. The average Bonchev–Trinajstić information content (AvgIpc) is 2.71. The van der Waals surface area contributed by atoms with Gasteiger partial charge in [0.15, 0.2) is 0 Å². The number of piperidine rings is 1. The van der Waals surface area contributed by atoms with Gasteiger partial charge in [0.1, 0.15) is 6.61 Å². The molecule has 15 heavy (non-hydrogen) atoms. The Bertz CT molecular complexity index is 220. The molecule has 0 amide bonds. The summed E-state index contributed by atoms with van der Waals surface area (Å²) >= 11 is 0. The van der Waals surface area contributed by atoms with Crippen molar-refractivity contribution in [2.75, 3.05) is 19.7 Å². The van der Waals surface area contributed by atoms with Gasteiger partial charge in [-0.25, -0.2) is 0 Å². The standard InChI is InChI=1S/C12H22N2O/c1-10(2)14-6-3-11(4-7-14)13-12-5-8-15-9-12/h5,8,10-13H,3-4,6-7,9H2,1-2H3/t12-/m1/s1. The van der Waals surface area contributed by atoms with Crippen LogP contribution >= 0.6 is 0 Å². The third-order valence-corrected chi connectivity index (χ3v) is 3.39. The maximum Gasteiger partial charge on any atom is 0.106 e. The number of likely N-dealkylation sites (tertiary alicyclic amines) is 1. The van der Waals surface area contributed by atoms with Crippen LogP contribution in [-0.2, 0) is 4.74 Å². The van der Waals surface area contributed by atoms with E-state index in [0.717, 1.165) is 6.61 Å². The number of hydrogen-bond acceptors (Lipinski definition) is 3. The summed E-state index contributed by atoms with van der Waals surface area (Å²) in [6.07, 6.45) is 6.46. The van der Waals surface area contributed by atoms with E-state index >= 15 is 0 Å². The van der Waals surface area contributed by atoms with Crippen LogP contribution in [0.4, 0.5) is 0 Å². The molecule has 0 bridgehead atoms. The first kappa shape index (κ1) is 11.0. The summed E-state index contributed by atoms with van der Waals surface area (Å²) < 4.78 is 5.20. The van der Waals surface area contributed by atoms with Gasteiger partial charge in [-0.05, 0) is 45.9 Å². The average molecular weight is 210 g/mol. The monoisotopic (exact) mass is 210 g/mol. The maximum absolute atomic E-state index is 5.20. The molecule has 1 fully saturated rings. The van der Waals surface area contributed by atoms with Gasteiger partial charge in [0, 0.05) is 12.1 Å². The van der Waals surface area contributed by atoms with Crippen LogP contribution in [0.5, 0.6) is 0 Å². The maximum atomic E-state index is 5.20. The van der Waals surface area contributed by atoms with Crippen molar-refractivity contribution in [2.24, 2.45) is 0 Å². The Morgan fingerprint density at radius 2 is 2.07 bits per heavy atom. The van der Waals surface area contributed by atoms with E-state index in [1.807, 2.05) is 0 Å². The van der Waals surface area contributed by atoms with Crippen LogP contribution < -0.4 is 5.32 Å². The van der Waals surface area contributed by atoms with Gasteiger partial charge in [-0.1, -0.05) is 0 Å². The summed E-state index contributed by atoms with van der Waals surface area (Å²) in [6.45, 7) is 7.83. The van der Waals surface area contributed by atoms with Gasteiger partial charge in [-0.15, -0.1) is 0 Å². The van der Waals surface area contributed by atoms with Crippen molar-refractivity contribution in [3.63, 3.8) is 0 Å². The van der Waals surface area contributed by atoms with Gasteiger partial charge in [0.2, 0.25) is 0 Å². The highest BCUT2D eigenvalue weighted by molar-refractivity contribution is 4.96. The van der Waals surface area contributed by atoms with Gasteiger partial charge in [0.05, 0.1) is 12.3 Å². The molecule has 0 unspecified atom stereocenters. The van der Waals surface area contributed by atoms with Crippen molar-refractivity contribution in [1.82, 2.24) is 10.2 Å². The molecule has 0 aromatic carbocycles. The number of ether oxygens (including phenoxy) is 1. The van der Waals surface area contributed by atoms with E-state index in [-0.39, 0.29) is 0 Å². The molecule has 0 saturated carbocycles. The van der Waals surface area contributed by atoms with Crippen LogP contribution in [0.2, 0.25) is 0 Å². The number of nitrogens with zero attached hydrogens (tertiary/aromatic N) is 1. The van der Waals surface area contributed by atoms with E-state index in [0.29, 0.717) is 18.1 Å². The molecule has 1 N–H and O–H groups in total. The van der Waals surface area contributed by atoms with Crippen LogP contribution in [0.1, 0.15) is 26.7 Å². The first-order valence-electron chi connectivity index (χ1n) is 6.04. The molecule has 3 heteroatoms. The largest absolute Gasteiger partial charge is 0.500 e. The Kier molecular flexibility index (Phi) is 3.65. The second kappa shape index (κ2) is 4.99. The summed E-state index contributed by atoms with van der Waals surface area (Å²) in [5, 5.41) is 3.64. The lowest BCUT2D eigenvalue weighted by Gasteiger charge is -2.35. The van der Waals surface area contributed by atoms with Crippen molar-refractivity contribution in [2.45, 2.75) is 44.8 Å².